The minimum Gasteiger partial charge on any atom is -0.349 e. The third kappa shape index (κ3) is 3.25. The smallest absolute Gasteiger partial charge is 0.195 e. The Morgan fingerprint density at radius 2 is 1.73 bits per heavy atom. The summed E-state index contributed by atoms with van der Waals surface area (Å²) in [5.41, 5.74) is 0. The van der Waals surface area contributed by atoms with E-state index >= 15 is 0 Å². The fourth-order valence-corrected chi connectivity index (χ4v) is 0.886. The molecule has 0 bridgehead atoms. The van der Waals surface area contributed by atoms with E-state index in [0.717, 1.165) is 19.0 Å². The van der Waals surface area contributed by atoms with Crippen molar-refractivity contribution in [2.45, 2.75) is 13.8 Å². The standard InChI is InChI=1S/C8H19N3/c1-6-9-8(10(3)4)11(5)7-2/h6-7H2,1-5H3/b9-8-. The van der Waals surface area contributed by atoms with Gasteiger partial charge in [0.2, 0.25) is 0 Å². The molecule has 0 radical (unpaired) electrons. The predicted molar refractivity (Wildman–Crippen MR) is 50.0 cm³/mol. The van der Waals surface area contributed by atoms with Gasteiger partial charge in [-0.2, -0.15) is 0 Å². The monoisotopic (exact) mass is 157 g/mol. The van der Waals surface area contributed by atoms with Crippen molar-refractivity contribution in [3.05, 3.63) is 0 Å². The van der Waals surface area contributed by atoms with Gasteiger partial charge in [0.15, 0.2) is 5.96 Å². The van der Waals surface area contributed by atoms with Crippen molar-refractivity contribution < 1.29 is 0 Å². The second-order valence-corrected chi connectivity index (χ2v) is 2.68. The summed E-state index contributed by atoms with van der Waals surface area (Å²) in [6, 6.07) is 0. The number of hydrogen-bond acceptors (Lipinski definition) is 1. The van der Waals surface area contributed by atoms with Gasteiger partial charge in [0.1, 0.15) is 0 Å². The van der Waals surface area contributed by atoms with E-state index in [0.29, 0.717) is 0 Å². The maximum absolute atomic E-state index is 4.36. The summed E-state index contributed by atoms with van der Waals surface area (Å²) in [4.78, 5) is 8.53. The highest BCUT2D eigenvalue weighted by Gasteiger charge is 2.04. The van der Waals surface area contributed by atoms with Crippen molar-refractivity contribution >= 4 is 5.96 Å². The van der Waals surface area contributed by atoms with Gasteiger partial charge in [0.25, 0.3) is 0 Å². The van der Waals surface area contributed by atoms with Crippen LogP contribution >= 0.6 is 0 Å². The van der Waals surface area contributed by atoms with Gasteiger partial charge in [-0.1, -0.05) is 0 Å². The van der Waals surface area contributed by atoms with Gasteiger partial charge in [0, 0.05) is 34.2 Å². The van der Waals surface area contributed by atoms with E-state index in [2.05, 4.69) is 23.9 Å². The molecule has 0 aliphatic rings. The summed E-state index contributed by atoms with van der Waals surface area (Å²) in [6.07, 6.45) is 0. The van der Waals surface area contributed by atoms with Gasteiger partial charge in [-0.25, -0.2) is 0 Å². The molecule has 0 N–H and O–H groups in total. The molecule has 0 atom stereocenters. The zero-order chi connectivity index (χ0) is 8.85. The first-order valence-corrected chi connectivity index (χ1v) is 4.06. The van der Waals surface area contributed by atoms with Crippen molar-refractivity contribution in [2.24, 2.45) is 4.99 Å². The van der Waals surface area contributed by atoms with Crippen LogP contribution in [-0.4, -0.2) is 50.0 Å². The molecule has 0 aliphatic heterocycles. The van der Waals surface area contributed by atoms with Crippen molar-refractivity contribution in [1.82, 2.24) is 9.80 Å². The Morgan fingerprint density at radius 1 is 1.18 bits per heavy atom. The lowest BCUT2D eigenvalue weighted by atomic mass is 10.6. The van der Waals surface area contributed by atoms with Crippen LogP contribution in [0.4, 0.5) is 0 Å². The zero-order valence-corrected chi connectivity index (χ0v) is 8.26. The van der Waals surface area contributed by atoms with Crippen LogP contribution in [0.2, 0.25) is 0 Å². The summed E-state index contributed by atoms with van der Waals surface area (Å²) in [6.45, 7) is 6.01. The van der Waals surface area contributed by atoms with Gasteiger partial charge in [-0.05, 0) is 13.8 Å². The van der Waals surface area contributed by atoms with E-state index in [9.17, 15) is 0 Å². The highest BCUT2D eigenvalue weighted by Crippen LogP contribution is 1.91. The first-order chi connectivity index (χ1) is 5.13. The van der Waals surface area contributed by atoms with Crippen LogP contribution in [0, 0.1) is 0 Å². The zero-order valence-electron chi connectivity index (χ0n) is 8.26. The van der Waals surface area contributed by atoms with Crippen molar-refractivity contribution in [1.29, 1.82) is 0 Å². The van der Waals surface area contributed by atoms with Gasteiger partial charge in [-0.3, -0.25) is 4.99 Å². The molecule has 0 aliphatic carbocycles. The van der Waals surface area contributed by atoms with Gasteiger partial charge >= 0.3 is 0 Å². The largest absolute Gasteiger partial charge is 0.349 e. The molecule has 3 heteroatoms. The highest BCUT2D eigenvalue weighted by molar-refractivity contribution is 5.79. The molecular weight excluding hydrogens is 138 g/mol. The Balaban J connectivity index is 4.21. The molecule has 0 unspecified atom stereocenters. The molecule has 66 valence electrons. The topological polar surface area (TPSA) is 18.8 Å². The highest BCUT2D eigenvalue weighted by atomic mass is 15.3. The fourth-order valence-electron chi connectivity index (χ4n) is 0.886. The Morgan fingerprint density at radius 3 is 2.00 bits per heavy atom. The van der Waals surface area contributed by atoms with Crippen LogP contribution in [-0.2, 0) is 0 Å². The van der Waals surface area contributed by atoms with E-state index in [-0.39, 0.29) is 0 Å². The Bertz CT molecular complexity index is 129. The maximum Gasteiger partial charge on any atom is 0.195 e. The summed E-state index contributed by atoms with van der Waals surface area (Å²) < 4.78 is 0. The molecule has 0 heterocycles. The third-order valence-corrected chi connectivity index (χ3v) is 1.52. The van der Waals surface area contributed by atoms with Crippen LogP contribution in [0.15, 0.2) is 4.99 Å². The average Bonchev–Trinajstić information content (AvgIpc) is 1.98. The minimum atomic E-state index is 0.845. The lowest BCUT2D eigenvalue weighted by Crippen LogP contribution is -2.37. The molecular formula is C8H19N3. The van der Waals surface area contributed by atoms with Gasteiger partial charge < -0.3 is 9.80 Å². The van der Waals surface area contributed by atoms with E-state index in [1.807, 2.05) is 25.9 Å². The normalized spacial score (nSPS) is 11.5. The van der Waals surface area contributed by atoms with E-state index in [1.54, 1.807) is 0 Å². The average molecular weight is 157 g/mol. The summed E-state index contributed by atoms with van der Waals surface area (Å²) in [5, 5.41) is 0. The van der Waals surface area contributed by atoms with Gasteiger partial charge in [0.05, 0.1) is 0 Å². The number of nitrogens with zero attached hydrogens (tertiary/aromatic N) is 3. The van der Waals surface area contributed by atoms with Crippen LogP contribution in [0.25, 0.3) is 0 Å². The molecule has 0 amide bonds. The Kier molecular flexibility index (Phi) is 4.66. The number of hydrogen-bond donors (Lipinski definition) is 0. The van der Waals surface area contributed by atoms with E-state index in [1.165, 1.54) is 0 Å². The number of rotatable bonds is 2. The molecule has 0 saturated heterocycles. The maximum atomic E-state index is 4.36. The van der Waals surface area contributed by atoms with Crippen molar-refractivity contribution in [2.75, 3.05) is 34.2 Å². The molecule has 3 nitrogen and oxygen atoms in total. The molecule has 0 fully saturated rings. The van der Waals surface area contributed by atoms with Crippen LogP contribution in [0.5, 0.6) is 0 Å². The van der Waals surface area contributed by atoms with Crippen LogP contribution in [0.3, 0.4) is 0 Å². The van der Waals surface area contributed by atoms with E-state index in [4.69, 9.17) is 0 Å². The molecule has 11 heavy (non-hydrogen) atoms. The summed E-state index contributed by atoms with van der Waals surface area (Å²) >= 11 is 0. The number of guanidine groups is 1. The SMILES string of the molecule is CC/N=C(/N(C)C)N(C)CC. The molecule has 0 aromatic heterocycles. The second-order valence-electron chi connectivity index (χ2n) is 2.68. The molecule has 0 rings (SSSR count). The Hall–Kier alpha value is -0.730. The van der Waals surface area contributed by atoms with Crippen molar-refractivity contribution in [3.8, 4) is 0 Å². The van der Waals surface area contributed by atoms with Gasteiger partial charge in [-0.15, -0.1) is 0 Å². The molecule has 0 aromatic rings. The second kappa shape index (κ2) is 4.99. The van der Waals surface area contributed by atoms with E-state index < -0.39 is 0 Å². The minimum absolute atomic E-state index is 0.845. The van der Waals surface area contributed by atoms with Crippen LogP contribution < -0.4 is 0 Å². The van der Waals surface area contributed by atoms with Crippen LogP contribution in [0.1, 0.15) is 13.8 Å². The Labute approximate surface area is 69.7 Å². The molecule has 0 saturated carbocycles. The number of aliphatic imine (C=N–C) groups is 1. The third-order valence-electron chi connectivity index (χ3n) is 1.52. The quantitative estimate of drug-likeness (QED) is 0.437. The first kappa shape index (κ1) is 10.3. The lowest BCUT2D eigenvalue weighted by molar-refractivity contribution is 0.439. The fraction of sp³-hybridized carbons (Fsp3) is 0.875. The first-order valence-electron chi connectivity index (χ1n) is 4.06. The predicted octanol–water partition coefficient (Wildman–Crippen LogP) is 0.876. The lowest BCUT2D eigenvalue weighted by Gasteiger charge is -2.25. The summed E-state index contributed by atoms with van der Waals surface area (Å²) in [7, 11) is 6.08. The molecule has 0 aromatic carbocycles. The summed E-state index contributed by atoms with van der Waals surface area (Å²) in [5.74, 6) is 1.05. The van der Waals surface area contributed by atoms with Crippen molar-refractivity contribution in [3.63, 3.8) is 0 Å². The molecule has 0 spiro atoms.